The highest BCUT2D eigenvalue weighted by molar-refractivity contribution is 5.55. The smallest absolute Gasteiger partial charge is 0.159 e. The van der Waals surface area contributed by atoms with Crippen molar-refractivity contribution >= 4 is 0 Å². The zero-order valence-electron chi connectivity index (χ0n) is 19.2. The van der Waals surface area contributed by atoms with Gasteiger partial charge in [-0.3, -0.25) is 0 Å². The van der Waals surface area contributed by atoms with E-state index in [1.165, 1.54) is 56.9 Å². The van der Waals surface area contributed by atoms with Crippen LogP contribution in [0.5, 0.6) is 5.75 Å². The van der Waals surface area contributed by atoms with E-state index in [1.54, 1.807) is 0 Å². The Morgan fingerprint density at radius 1 is 0.800 bits per heavy atom. The van der Waals surface area contributed by atoms with Crippen molar-refractivity contribution in [3.8, 4) is 17.1 Å². The zero-order chi connectivity index (χ0) is 21.4. The van der Waals surface area contributed by atoms with E-state index in [9.17, 15) is 0 Å². The van der Waals surface area contributed by atoms with E-state index >= 15 is 0 Å². The lowest BCUT2D eigenvalue weighted by atomic mass is 10.1. The Bertz CT molecular complexity index is 670. The lowest BCUT2D eigenvalue weighted by Gasteiger charge is -2.14. The van der Waals surface area contributed by atoms with Crippen LogP contribution in [0.25, 0.3) is 11.4 Å². The van der Waals surface area contributed by atoms with Gasteiger partial charge >= 0.3 is 0 Å². The van der Waals surface area contributed by atoms with Crippen molar-refractivity contribution < 1.29 is 9.47 Å². The van der Waals surface area contributed by atoms with Crippen molar-refractivity contribution in [3.63, 3.8) is 0 Å². The Balaban J connectivity index is 1.70. The van der Waals surface area contributed by atoms with Gasteiger partial charge < -0.3 is 9.47 Å². The Hall–Kier alpha value is -1.94. The Morgan fingerprint density at radius 2 is 1.43 bits per heavy atom. The number of rotatable bonds is 16. The molecule has 1 atom stereocenters. The predicted octanol–water partition coefficient (Wildman–Crippen LogP) is 7.02. The third kappa shape index (κ3) is 9.71. The Labute approximate surface area is 183 Å². The molecule has 0 spiro atoms. The van der Waals surface area contributed by atoms with E-state index in [-0.39, 0.29) is 6.10 Å². The maximum atomic E-state index is 5.80. The average Bonchev–Trinajstić information content (AvgIpc) is 2.79. The first-order valence-corrected chi connectivity index (χ1v) is 11.9. The fraction of sp³-hybridized carbons (Fsp3) is 0.615. The summed E-state index contributed by atoms with van der Waals surface area (Å²) in [6, 6.07) is 7.97. The van der Waals surface area contributed by atoms with Crippen LogP contribution < -0.4 is 4.74 Å². The van der Waals surface area contributed by atoms with Gasteiger partial charge in [0.05, 0.1) is 6.10 Å². The maximum Gasteiger partial charge on any atom is 0.159 e. The van der Waals surface area contributed by atoms with Crippen LogP contribution in [0.2, 0.25) is 0 Å². The molecule has 0 radical (unpaired) electrons. The Morgan fingerprint density at radius 3 is 2.07 bits per heavy atom. The molecule has 0 N–H and O–H groups in total. The van der Waals surface area contributed by atoms with Crippen molar-refractivity contribution in [2.24, 2.45) is 0 Å². The Kier molecular flexibility index (Phi) is 12.1. The number of unbranched alkanes of at least 4 members (excludes halogenated alkanes) is 7. The van der Waals surface area contributed by atoms with Crippen LogP contribution in [-0.4, -0.2) is 29.3 Å². The largest absolute Gasteiger partial charge is 0.491 e. The molecule has 1 aromatic carbocycles. The van der Waals surface area contributed by atoms with Gasteiger partial charge in [0.15, 0.2) is 5.82 Å². The van der Waals surface area contributed by atoms with Crippen LogP contribution in [0.4, 0.5) is 0 Å². The third-order valence-electron chi connectivity index (χ3n) is 5.23. The minimum Gasteiger partial charge on any atom is -0.491 e. The normalized spacial score (nSPS) is 12.1. The molecule has 30 heavy (non-hydrogen) atoms. The first kappa shape index (κ1) is 24.3. The lowest BCUT2D eigenvalue weighted by Crippen LogP contribution is -2.18. The predicted molar refractivity (Wildman–Crippen MR) is 125 cm³/mol. The quantitative estimate of drug-likeness (QED) is 0.278. The molecule has 0 aliphatic carbocycles. The molecule has 0 bridgehead atoms. The van der Waals surface area contributed by atoms with E-state index in [0.29, 0.717) is 6.61 Å². The van der Waals surface area contributed by atoms with Gasteiger partial charge in [-0.1, -0.05) is 58.8 Å². The number of aromatic nitrogens is 2. The first-order chi connectivity index (χ1) is 14.7. The maximum absolute atomic E-state index is 5.80. The summed E-state index contributed by atoms with van der Waals surface area (Å²) in [5.74, 6) is 1.61. The molecule has 2 aromatic rings. The summed E-state index contributed by atoms with van der Waals surface area (Å²) in [7, 11) is 0. The van der Waals surface area contributed by atoms with E-state index in [0.717, 1.165) is 36.6 Å². The highest BCUT2D eigenvalue weighted by Crippen LogP contribution is 2.20. The van der Waals surface area contributed by atoms with Crippen LogP contribution in [0, 0.1) is 0 Å². The fourth-order valence-electron chi connectivity index (χ4n) is 3.38. The number of aryl methyl sites for hydroxylation is 1. The lowest BCUT2D eigenvalue weighted by molar-refractivity contribution is 0.0327. The molecule has 2 rings (SSSR count). The highest BCUT2D eigenvalue weighted by Gasteiger charge is 2.05. The third-order valence-corrected chi connectivity index (χ3v) is 5.23. The first-order valence-electron chi connectivity index (χ1n) is 11.9. The standard InChI is InChI=1S/C26H40N2O2/c1-4-6-7-8-9-10-11-12-13-23-19-27-26(28-20-23)24-14-16-25(17-15-24)30-21-22(3)29-18-5-2/h14-17,19-20,22H,4-13,18,21H2,1-3H3. The number of hydrogen-bond acceptors (Lipinski definition) is 4. The van der Waals surface area contributed by atoms with Gasteiger partial charge in [-0.2, -0.15) is 0 Å². The second-order valence-electron chi connectivity index (χ2n) is 8.16. The molecular weight excluding hydrogens is 372 g/mol. The SMILES string of the molecule is CCCCCCCCCCc1cnc(-c2ccc(OCC(C)OCCC)cc2)nc1. The molecule has 0 fully saturated rings. The molecule has 0 saturated heterocycles. The molecule has 0 amide bonds. The fourth-order valence-corrected chi connectivity index (χ4v) is 3.38. The number of ether oxygens (including phenoxy) is 2. The summed E-state index contributed by atoms with van der Waals surface area (Å²) in [5.41, 5.74) is 2.24. The second-order valence-corrected chi connectivity index (χ2v) is 8.16. The molecule has 1 unspecified atom stereocenters. The minimum atomic E-state index is 0.0987. The summed E-state index contributed by atoms with van der Waals surface area (Å²) in [4.78, 5) is 9.13. The minimum absolute atomic E-state index is 0.0987. The van der Waals surface area contributed by atoms with Crippen molar-refractivity contribution in [1.82, 2.24) is 9.97 Å². The van der Waals surface area contributed by atoms with E-state index in [1.807, 2.05) is 43.6 Å². The van der Waals surface area contributed by atoms with Gasteiger partial charge in [-0.05, 0) is 56.0 Å². The second kappa shape index (κ2) is 15.0. The summed E-state index contributed by atoms with van der Waals surface area (Å²) in [6.07, 6.45) is 16.9. The molecule has 4 heteroatoms. The van der Waals surface area contributed by atoms with Crippen molar-refractivity contribution in [3.05, 3.63) is 42.2 Å². The molecule has 0 saturated carbocycles. The van der Waals surface area contributed by atoms with Crippen molar-refractivity contribution in [2.45, 2.75) is 91.1 Å². The average molecular weight is 413 g/mol. The summed E-state index contributed by atoms with van der Waals surface area (Å²) in [6.45, 7) is 7.74. The molecule has 166 valence electrons. The number of benzene rings is 1. The van der Waals surface area contributed by atoms with Gasteiger partial charge in [0.1, 0.15) is 12.4 Å². The molecule has 0 aliphatic heterocycles. The van der Waals surface area contributed by atoms with E-state index in [2.05, 4.69) is 23.8 Å². The summed E-state index contributed by atoms with van der Waals surface area (Å²) >= 11 is 0. The number of nitrogens with zero attached hydrogens (tertiary/aromatic N) is 2. The summed E-state index contributed by atoms with van der Waals surface area (Å²) < 4.78 is 11.4. The van der Waals surface area contributed by atoms with E-state index in [4.69, 9.17) is 9.47 Å². The molecule has 0 aliphatic rings. The van der Waals surface area contributed by atoms with Gasteiger partial charge in [0.25, 0.3) is 0 Å². The molecule has 1 heterocycles. The molecule has 1 aromatic heterocycles. The van der Waals surface area contributed by atoms with Gasteiger partial charge in [0.2, 0.25) is 0 Å². The van der Waals surface area contributed by atoms with Crippen LogP contribution in [-0.2, 0) is 11.2 Å². The highest BCUT2D eigenvalue weighted by atomic mass is 16.5. The van der Waals surface area contributed by atoms with Crippen molar-refractivity contribution in [1.29, 1.82) is 0 Å². The zero-order valence-corrected chi connectivity index (χ0v) is 19.2. The molecular formula is C26H40N2O2. The topological polar surface area (TPSA) is 44.2 Å². The monoisotopic (exact) mass is 412 g/mol. The van der Waals surface area contributed by atoms with Crippen LogP contribution in [0.1, 0.15) is 84.1 Å². The van der Waals surface area contributed by atoms with Gasteiger partial charge in [-0.15, -0.1) is 0 Å². The summed E-state index contributed by atoms with van der Waals surface area (Å²) in [5, 5.41) is 0. The van der Waals surface area contributed by atoms with Gasteiger partial charge in [0, 0.05) is 24.6 Å². The van der Waals surface area contributed by atoms with Crippen LogP contribution >= 0.6 is 0 Å². The van der Waals surface area contributed by atoms with Crippen LogP contribution in [0.15, 0.2) is 36.7 Å². The van der Waals surface area contributed by atoms with Gasteiger partial charge in [-0.25, -0.2) is 9.97 Å². The molecule has 4 nitrogen and oxygen atoms in total. The number of hydrogen-bond donors (Lipinski definition) is 0. The van der Waals surface area contributed by atoms with E-state index < -0.39 is 0 Å². The van der Waals surface area contributed by atoms with Crippen LogP contribution in [0.3, 0.4) is 0 Å². The van der Waals surface area contributed by atoms with Crippen molar-refractivity contribution in [2.75, 3.05) is 13.2 Å².